The minimum atomic E-state index is 0.881. The number of hydrogen-bond acceptors (Lipinski definition) is 4. The van der Waals surface area contributed by atoms with E-state index in [2.05, 4.69) is 48.2 Å². The predicted molar refractivity (Wildman–Crippen MR) is 233 cm³/mol. The van der Waals surface area contributed by atoms with E-state index >= 15 is 0 Å². The van der Waals surface area contributed by atoms with Crippen LogP contribution in [0.25, 0.3) is 0 Å². The average molecular weight is 697 g/mol. The molecule has 0 aliphatic heterocycles. The van der Waals surface area contributed by atoms with E-state index in [0.717, 1.165) is 22.7 Å². The Morgan fingerprint density at radius 2 is 0.404 bits per heavy atom. The molecule has 0 fully saturated rings. The van der Waals surface area contributed by atoms with Crippen LogP contribution in [0.1, 0.15) is 77.6 Å². The van der Waals surface area contributed by atoms with Crippen LogP contribution in [0.5, 0.6) is 0 Å². The molecule has 0 aliphatic carbocycles. The van der Waals surface area contributed by atoms with Gasteiger partial charge in [-0.3, -0.25) is 0 Å². The second kappa shape index (κ2) is 35.3. The maximum absolute atomic E-state index is 4.17. The van der Waals surface area contributed by atoms with E-state index in [1.807, 2.05) is 225 Å². The van der Waals surface area contributed by atoms with Crippen molar-refractivity contribution in [1.29, 1.82) is 0 Å². The van der Waals surface area contributed by atoms with Crippen LogP contribution in [-0.2, 0) is 0 Å². The van der Waals surface area contributed by atoms with Crippen LogP contribution < -0.4 is 0 Å². The van der Waals surface area contributed by atoms with Crippen molar-refractivity contribution in [3.05, 3.63) is 192 Å². The quantitative estimate of drug-likeness (QED) is 0.109. The number of nitrogens with zero attached hydrogens (tertiary/aromatic N) is 4. The number of aryl methyl sites for hydroxylation is 4. The third-order valence-electron chi connectivity index (χ3n) is 6.36. The average Bonchev–Trinajstić information content (AvgIpc) is 3.18. The van der Waals surface area contributed by atoms with Crippen molar-refractivity contribution in [3.63, 3.8) is 0 Å². The molecule has 0 atom stereocenters. The standard InChI is InChI=1S/2C14H14N2.2C6H10.2C4H8/c2*1-11-3-7-13(8-4-11)15-16-14-9-5-12(2)6-10-14;2*1-3-5-6-4-2;2*1-3-4-2/h2*3-10H,1-2H3;2*3-6H,1-2H3;2*3-4H,1-2H3/b;;5-3+,6-4+;5-3-,6-4-;4-3+;4-3-. The molecule has 276 valence electrons. The summed E-state index contributed by atoms with van der Waals surface area (Å²) in [5.74, 6) is 0. The molecule has 0 saturated carbocycles. The molecule has 4 nitrogen and oxygen atoms in total. The van der Waals surface area contributed by atoms with Crippen molar-refractivity contribution in [1.82, 2.24) is 0 Å². The Morgan fingerprint density at radius 3 is 0.519 bits per heavy atom. The van der Waals surface area contributed by atoms with Gasteiger partial charge in [-0.25, -0.2) is 0 Å². The maximum atomic E-state index is 4.17. The van der Waals surface area contributed by atoms with Gasteiger partial charge in [-0.2, -0.15) is 20.5 Å². The Morgan fingerprint density at radius 1 is 0.250 bits per heavy atom. The minimum absolute atomic E-state index is 0.881. The minimum Gasteiger partial charge on any atom is -0.151 e. The third kappa shape index (κ3) is 30.6. The molecule has 52 heavy (non-hydrogen) atoms. The molecule has 0 heterocycles. The van der Waals surface area contributed by atoms with Crippen molar-refractivity contribution < 1.29 is 0 Å². The van der Waals surface area contributed by atoms with E-state index in [1.165, 1.54) is 22.3 Å². The lowest BCUT2D eigenvalue weighted by Gasteiger charge is -1.95. The first kappa shape index (κ1) is 48.6. The van der Waals surface area contributed by atoms with Gasteiger partial charge in [-0.15, -0.1) is 0 Å². The van der Waals surface area contributed by atoms with Crippen LogP contribution in [0.3, 0.4) is 0 Å². The highest BCUT2D eigenvalue weighted by Gasteiger charge is 1.92. The lowest BCUT2D eigenvalue weighted by molar-refractivity contribution is 1.22. The first-order chi connectivity index (χ1) is 25.1. The second-order valence-electron chi connectivity index (χ2n) is 11.2. The number of rotatable bonds is 6. The number of azo groups is 2. The summed E-state index contributed by atoms with van der Waals surface area (Å²) in [7, 11) is 0. The van der Waals surface area contributed by atoms with E-state index < -0.39 is 0 Å². The van der Waals surface area contributed by atoms with E-state index in [9.17, 15) is 0 Å². The van der Waals surface area contributed by atoms with Gasteiger partial charge < -0.3 is 0 Å². The largest absolute Gasteiger partial charge is 0.151 e. The van der Waals surface area contributed by atoms with Crippen molar-refractivity contribution in [2.75, 3.05) is 0 Å². The molecule has 0 spiro atoms. The summed E-state index contributed by atoms with van der Waals surface area (Å²) in [5.41, 5.74) is 8.45. The van der Waals surface area contributed by atoms with Crippen LogP contribution in [0, 0.1) is 27.7 Å². The van der Waals surface area contributed by atoms with Crippen molar-refractivity contribution in [2.45, 2.75) is 83.1 Å². The number of hydrogen-bond donors (Lipinski definition) is 0. The summed E-state index contributed by atoms with van der Waals surface area (Å²) in [5, 5.41) is 16.7. The van der Waals surface area contributed by atoms with Crippen LogP contribution in [0.15, 0.2) is 190 Å². The molecular weight excluding hydrogens is 633 g/mol. The van der Waals surface area contributed by atoms with E-state index in [0.29, 0.717) is 0 Å². The van der Waals surface area contributed by atoms with E-state index in [4.69, 9.17) is 0 Å². The Hall–Kier alpha value is -5.48. The molecule has 4 aromatic rings. The fraction of sp³-hybridized carbons (Fsp3) is 0.250. The normalized spacial score (nSPS) is 10.8. The molecular formula is C48H64N4. The fourth-order valence-corrected chi connectivity index (χ4v) is 3.12. The van der Waals surface area contributed by atoms with E-state index in [-0.39, 0.29) is 0 Å². The van der Waals surface area contributed by atoms with Gasteiger partial charge in [0, 0.05) is 0 Å². The van der Waals surface area contributed by atoms with Crippen LogP contribution in [0.4, 0.5) is 22.7 Å². The molecule has 0 saturated heterocycles. The van der Waals surface area contributed by atoms with Gasteiger partial charge in [0.2, 0.25) is 0 Å². The zero-order chi connectivity index (χ0) is 39.2. The fourth-order valence-electron chi connectivity index (χ4n) is 3.12. The summed E-state index contributed by atoms with van der Waals surface area (Å²) in [4.78, 5) is 0. The zero-order valence-electron chi connectivity index (χ0n) is 34.0. The van der Waals surface area contributed by atoms with Crippen molar-refractivity contribution in [3.8, 4) is 0 Å². The monoisotopic (exact) mass is 697 g/mol. The second-order valence-corrected chi connectivity index (χ2v) is 11.2. The predicted octanol–water partition coefficient (Wildman–Crippen LogP) is 16.9. The molecule has 0 aliphatic rings. The van der Waals surface area contributed by atoms with Gasteiger partial charge in [0.1, 0.15) is 0 Å². The Labute approximate surface area is 317 Å². The van der Waals surface area contributed by atoms with Gasteiger partial charge in [-0.05, 0) is 132 Å². The van der Waals surface area contributed by atoms with Crippen molar-refractivity contribution in [2.24, 2.45) is 20.5 Å². The first-order valence-electron chi connectivity index (χ1n) is 17.9. The molecule has 0 aromatic heterocycles. The highest BCUT2D eigenvalue weighted by Crippen LogP contribution is 2.20. The van der Waals surface area contributed by atoms with Crippen LogP contribution >= 0.6 is 0 Å². The van der Waals surface area contributed by atoms with Gasteiger partial charge in [0.25, 0.3) is 0 Å². The zero-order valence-corrected chi connectivity index (χ0v) is 34.0. The summed E-state index contributed by atoms with van der Waals surface area (Å²) in [6, 6.07) is 32.0. The van der Waals surface area contributed by atoms with Crippen LogP contribution in [0.2, 0.25) is 0 Å². The molecule has 4 heteroatoms. The molecule has 4 rings (SSSR count). The molecule has 0 N–H and O–H groups in total. The first-order valence-corrected chi connectivity index (χ1v) is 17.9. The molecule has 0 amide bonds. The third-order valence-corrected chi connectivity index (χ3v) is 6.36. The summed E-state index contributed by atoms with van der Waals surface area (Å²) in [6.45, 7) is 24.2. The topological polar surface area (TPSA) is 49.4 Å². The highest BCUT2D eigenvalue weighted by molar-refractivity contribution is 5.43. The van der Waals surface area contributed by atoms with Gasteiger partial charge in [0.15, 0.2) is 0 Å². The van der Waals surface area contributed by atoms with Gasteiger partial charge in [-0.1, -0.05) is 144 Å². The SMILES string of the molecule is C/C=C/C.C/C=C/C=C/C.C/C=C\C.C/C=C\C=C/C.Cc1ccc(N=Nc2ccc(C)cc2)cc1.Cc1ccc(N=Nc2ccc(C)cc2)cc1. The summed E-state index contributed by atoms with van der Waals surface area (Å²) in [6.07, 6.45) is 24.0. The highest BCUT2D eigenvalue weighted by atomic mass is 15.1. The van der Waals surface area contributed by atoms with E-state index in [1.54, 1.807) is 0 Å². The smallest absolute Gasteiger partial charge is 0.0857 e. The number of benzene rings is 4. The molecule has 4 aromatic carbocycles. The molecule has 0 unspecified atom stereocenters. The lowest BCUT2D eigenvalue weighted by atomic mass is 10.2. The van der Waals surface area contributed by atoms with Gasteiger partial charge >= 0.3 is 0 Å². The lowest BCUT2D eigenvalue weighted by Crippen LogP contribution is -1.69. The Bertz CT molecular complexity index is 1380. The summed E-state index contributed by atoms with van der Waals surface area (Å²) < 4.78 is 0. The maximum Gasteiger partial charge on any atom is 0.0857 e. The Balaban J connectivity index is 0. The number of allylic oxidation sites excluding steroid dienone is 12. The molecule has 0 radical (unpaired) electrons. The van der Waals surface area contributed by atoms with Crippen molar-refractivity contribution >= 4 is 22.7 Å². The molecule has 0 bridgehead atoms. The van der Waals surface area contributed by atoms with Crippen LogP contribution in [-0.4, -0.2) is 0 Å². The van der Waals surface area contributed by atoms with Gasteiger partial charge in [0.05, 0.1) is 22.7 Å². The Kier molecular flexibility index (Phi) is 33.1. The summed E-state index contributed by atoms with van der Waals surface area (Å²) >= 11 is 0.